The molecule has 0 heterocycles. The van der Waals surface area contributed by atoms with E-state index in [9.17, 15) is 0 Å². The Hall–Kier alpha value is -0.0800. The molecule has 0 aromatic heterocycles. The Bertz CT molecular complexity index is 203. The summed E-state index contributed by atoms with van der Waals surface area (Å²) in [7, 11) is 0. The quantitative estimate of drug-likeness (QED) is 0.756. The fraction of sp³-hybridized carbons (Fsp3) is 1.00. The van der Waals surface area contributed by atoms with Crippen LogP contribution in [0.4, 0.5) is 0 Å². The Morgan fingerprint density at radius 1 is 1.19 bits per heavy atom. The lowest BCUT2D eigenvalue weighted by Gasteiger charge is -2.36. The van der Waals surface area contributed by atoms with Gasteiger partial charge in [0.1, 0.15) is 0 Å². The van der Waals surface area contributed by atoms with Crippen LogP contribution in [-0.4, -0.2) is 18.6 Å². The van der Waals surface area contributed by atoms with Gasteiger partial charge in [0.2, 0.25) is 0 Å². The maximum atomic E-state index is 6.40. The molecule has 1 aliphatic carbocycles. The van der Waals surface area contributed by atoms with Gasteiger partial charge in [0, 0.05) is 18.6 Å². The predicted octanol–water partition coefficient (Wildman–Crippen LogP) is 2.92. The summed E-state index contributed by atoms with van der Waals surface area (Å²) in [6.07, 6.45) is 6.39. The van der Waals surface area contributed by atoms with Crippen molar-refractivity contribution in [2.45, 2.75) is 65.3 Å². The van der Waals surface area contributed by atoms with E-state index in [0.717, 1.165) is 13.1 Å². The average Bonchev–Trinajstić information content (AvgIpc) is 2.17. The lowest BCUT2D eigenvalue weighted by atomic mass is 9.80. The van der Waals surface area contributed by atoms with Crippen molar-refractivity contribution < 1.29 is 0 Å². The molecule has 0 amide bonds. The molecule has 1 aliphatic rings. The standard InChI is InChI=1S/C14H30N2/c1-12(2)13(3,4)10-16-11-14(15)8-6-5-7-9-14/h12,16H,5-11,15H2,1-4H3. The molecule has 1 rings (SSSR count). The summed E-state index contributed by atoms with van der Waals surface area (Å²) in [5.74, 6) is 0.708. The molecule has 2 nitrogen and oxygen atoms in total. The Labute approximate surface area is 101 Å². The van der Waals surface area contributed by atoms with E-state index in [1.807, 2.05) is 0 Å². The molecule has 0 saturated heterocycles. The Morgan fingerprint density at radius 2 is 1.75 bits per heavy atom. The van der Waals surface area contributed by atoms with Crippen molar-refractivity contribution in [3.63, 3.8) is 0 Å². The molecule has 96 valence electrons. The van der Waals surface area contributed by atoms with Gasteiger partial charge in [-0.25, -0.2) is 0 Å². The molecule has 0 aliphatic heterocycles. The van der Waals surface area contributed by atoms with Gasteiger partial charge in [-0.1, -0.05) is 47.0 Å². The zero-order valence-corrected chi connectivity index (χ0v) is 11.6. The molecule has 1 saturated carbocycles. The average molecular weight is 226 g/mol. The topological polar surface area (TPSA) is 38.0 Å². The van der Waals surface area contributed by atoms with E-state index in [1.54, 1.807) is 0 Å². The first-order valence-corrected chi connectivity index (χ1v) is 6.85. The molecule has 0 radical (unpaired) electrons. The van der Waals surface area contributed by atoms with E-state index in [-0.39, 0.29) is 5.54 Å². The molecule has 0 bridgehead atoms. The van der Waals surface area contributed by atoms with E-state index in [1.165, 1.54) is 32.1 Å². The fourth-order valence-corrected chi connectivity index (χ4v) is 2.27. The molecule has 0 unspecified atom stereocenters. The second-order valence-electron chi connectivity index (χ2n) is 6.67. The van der Waals surface area contributed by atoms with Crippen LogP contribution in [0.5, 0.6) is 0 Å². The van der Waals surface area contributed by atoms with Crippen LogP contribution in [0.1, 0.15) is 59.8 Å². The normalized spacial score (nSPS) is 21.4. The summed E-state index contributed by atoms with van der Waals surface area (Å²) in [5.41, 5.74) is 6.84. The van der Waals surface area contributed by atoms with Crippen molar-refractivity contribution in [2.24, 2.45) is 17.1 Å². The number of nitrogens with one attached hydrogen (secondary N) is 1. The van der Waals surface area contributed by atoms with Gasteiger partial charge >= 0.3 is 0 Å². The minimum Gasteiger partial charge on any atom is -0.324 e. The van der Waals surface area contributed by atoms with E-state index in [2.05, 4.69) is 33.0 Å². The van der Waals surface area contributed by atoms with E-state index >= 15 is 0 Å². The maximum absolute atomic E-state index is 6.40. The number of hydrogen-bond acceptors (Lipinski definition) is 2. The summed E-state index contributed by atoms with van der Waals surface area (Å²) in [5, 5.41) is 3.59. The molecular weight excluding hydrogens is 196 g/mol. The molecule has 2 heteroatoms. The van der Waals surface area contributed by atoms with Crippen LogP contribution in [0.15, 0.2) is 0 Å². The first kappa shape index (κ1) is 14.0. The maximum Gasteiger partial charge on any atom is 0.0280 e. The number of nitrogens with two attached hydrogens (primary N) is 1. The molecule has 1 fully saturated rings. The Kier molecular flexibility index (Phi) is 4.81. The van der Waals surface area contributed by atoms with Gasteiger partial charge in [0.25, 0.3) is 0 Å². The monoisotopic (exact) mass is 226 g/mol. The number of hydrogen-bond donors (Lipinski definition) is 2. The van der Waals surface area contributed by atoms with Crippen molar-refractivity contribution in [1.29, 1.82) is 0 Å². The van der Waals surface area contributed by atoms with E-state index in [4.69, 9.17) is 5.73 Å². The highest BCUT2D eigenvalue weighted by Gasteiger charge is 2.28. The highest BCUT2D eigenvalue weighted by atomic mass is 14.9. The van der Waals surface area contributed by atoms with Crippen LogP contribution in [0.2, 0.25) is 0 Å². The highest BCUT2D eigenvalue weighted by Crippen LogP contribution is 2.27. The second kappa shape index (κ2) is 5.50. The number of rotatable bonds is 5. The van der Waals surface area contributed by atoms with Crippen molar-refractivity contribution in [1.82, 2.24) is 5.32 Å². The smallest absolute Gasteiger partial charge is 0.0280 e. The van der Waals surface area contributed by atoms with Crippen LogP contribution in [0.3, 0.4) is 0 Å². The van der Waals surface area contributed by atoms with Gasteiger partial charge < -0.3 is 11.1 Å². The summed E-state index contributed by atoms with van der Waals surface area (Å²) in [6.45, 7) is 11.3. The van der Waals surface area contributed by atoms with Crippen LogP contribution in [0.25, 0.3) is 0 Å². The van der Waals surface area contributed by atoms with Gasteiger partial charge in [-0.3, -0.25) is 0 Å². The minimum atomic E-state index is 0.0747. The van der Waals surface area contributed by atoms with E-state index in [0.29, 0.717) is 11.3 Å². The molecule has 16 heavy (non-hydrogen) atoms. The van der Waals surface area contributed by atoms with Crippen molar-refractivity contribution in [3.05, 3.63) is 0 Å². The lowest BCUT2D eigenvalue weighted by Crippen LogP contribution is -2.51. The fourth-order valence-electron chi connectivity index (χ4n) is 2.27. The van der Waals surface area contributed by atoms with Crippen LogP contribution in [0, 0.1) is 11.3 Å². The molecule has 0 aromatic rings. The van der Waals surface area contributed by atoms with Gasteiger partial charge in [-0.15, -0.1) is 0 Å². The Morgan fingerprint density at radius 3 is 2.25 bits per heavy atom. The summed E-state index contributed by atoms with van der Waals surface area (Å²) >= 11 is 0. The third-order valence-corrected chi connectivity index (χ3v) is 4.47. The largest absolute Gasteiger partial charge is 0.324 e. The molecule has 3 N–H and O–H groups in total. The summed E-state index contributed by atoms with van der Waals surface area (Å²) < 4.78 is 0. The third kappa shape index (κ3) is 4.06. The van der Waals surface area contributed by atoms with Crippen LogP contribution in [-0.2, 0) is 0 Å². The minimum absolute atomic E-state index is 0.0747. The van der Waals surface area contributed by atoms with Gasteiger partial charge in [-0.2, -0.15) is 0 Å². The van der Waals surface area contributed by atoms with Gasteiger partial charge in [0.15, 0.2) is 0 Å². The second-order valence-corrected chi connectivity index (χ2v) is 6.67. The van der Waals surface area contributed by atoms with Crippen molar-refractivity contribution >= 4 is 0 Å². The molecule has 0 atom stereocenters. The first-order valence-electron chi connectivity index (χ1n) is 6.85. The highest BCUT2D eigenvalue weighted by molar-refractivity contribution is 4.90. The zero-order chi connectivity index (χ0) is 12.2. The van der Waals surface area contributed by atoms with Crippen LogP contribution >= 0.6 is 0 Å². The molecule has 0 aromatic carbocycles. The van der Waals surface area contributed by atoms with E-state index < -0.39 is 0 Å². The predicted molar refractivity (Wildman–Crippen MR) is 71.5 cm³/mol. The van der Waals surface area contributed by atoms with Gasteiger partial charge in [0.05, 0.1) is 0 Å². The Balaban J connectivity index is 2.29. The van der Waals surface area contributed by atoms with Crippen LogP contribution < -0.4 is 11.1 Å². The summed E-state index contributed by atoms with van der Waals surface area (Å²) in [4.78, 5) is 0. The van der Waals surface area contributed by atoms with Crippen molar-refractivity contribution in [2.75, 3.05) is 13.1 Å². The first-order chi connectivity index (χ1) is 7.36. The van der Waals surface area contributed by atoms with Crippen molar-refractivity contribution in [3.8, 4) is 0 Å². The lowest BCUT2D eigenvalue weighted by molar-refractivity contribution is 0.216. The molecule has 0 spiro atoms. The third-order valence-electron chi connectivity index (χ3n) is 4.47. The molecular formula is C14H30N2. The zero-order valence-electron chi connectivity index (χ0n) is 11.6. The van der Waals surface area contributed by atoms with Gasteiger partial charge in [-0.05, 0) is 24.2 Å². The SMILES string of the molecule is CC(C)C(C)(C)CNCC1(N)CCCCC1. The summed E-state index contributed by atoms with van der Waals surface area (Å²) in [6, 6.07) is 0.